The van der Waals surface area contributed by atoms with E-state index in [0.29, 0.717) is 43.2 Å². The van der Waals surface area contributed by atoms with Crippen LogP contribution in [0.1, 0.15) is 21.7 Å². The van der Waals surface area contributed by atoms with Crippen LogP contribution in [0, 0.1) is 19.7 Å². The number of aryl methyl sites for hydroxylation is 1. The van der Waals surface area contributed by atoms with Crippen molar-refractivity contribution < 1.29 is 13.9 Å². The molecular formula is C26H25FN6O2. The molecule has 5 rings (SSSR count). The molecule has 0 aliphatic carbocycles. The van der Waals surface area contributed by atoms with Gasteiger partial charge in [0.15, 0.2) is 0 Å². The Kier molecular flexibility index (Phi) is 6.13. The minimum Gasteiger partial charge on any atom is -0.457 e. The van der Waals surface area contributed by atoms with Crippen molar-refractivity contribution in [1.29, 1.82) is 0 Å². The highest BCUT2D eigenvalue weighted by molar-refractivity contribution is 5.94. The summed E-state index contributed by atoms with van der Waals surface area (Å²) in [7, 11) is 0. The topological polar surface area (TPSA) is 76.4 Å². The van der Waals surface area contributed by atoms with Crippen LogP contribution in [0.25, 0.3) is 5.82 Å². The third-order valence-electron chi connectivity index (χ3n) is 6.16. The second kappa shape index (κ2) is 9.54. The molecule has 9 heteroatoms. The van der Waals surface area contributed by atoms with Gasteiger partial charge in [-0.25, -0.2) is 19.3 Å². The second-order valence-corrected chi connectivity index (χ2v) is 8.38. The first-order valence-electron chi connectivity index (χ1n) is 11.4. The average Bonchev–Trinajstić information content (AvgIpc) is 3.23. The smallest absolute Gasteiger partial charge is 0.254 e. The van der Waals surface area contributed by atoms with Gasteiger partial charge in [-0.3, -0.25) is 9.36 Å². The Morgan fingerprint density at radius 3 is 2.34 bits per heavy atom. The van der Waals surface area contributed by atoms with Gasteiger partial charge < -0.3 is 14.5 Å². The van der Waals surface area contributed by atoms with E-state index < -0.39 is 0 Å². The van der Waals surface area contributed by atoms with E-state index >= 15 is 0 Å². The quantitative estimate of drug-likeness (QED) is 0.434. The summed E-state index contributed by atoms with van der Waals surface area (Å²) in [6.45, 7) is 6.45. The molecule has 0 saturated carbocycles. The van der Waals surface area contributed by atoms with Crippen molar-refractivity contribution >= 4 is 11.7 Å². The fraction of sp³-hybridized carbons (Fsp3) is 0.231. The zero-order valence-corrected chi connectivity index (χ0v) is 19.6. The Morgan fingerprint density at radius 2 is 1.63 bits per heavy atom. The van der Waals surface area contributed by atoms with Crippen LogP contribution >= 0.6 is 0 Å². The number of aromatic nitrogens is 4. The first-order valence-corrected chi connectivity index (χ1v) is 11.4. The molecule has 0 spiro atoms. The van der Waals surface area contributed by atoms with E-state index in [4.69, 9.17) is 4.74 Å². The van der Waals surface area contributed by atoms with Gasteiger partial charge in [-0.1, -0.05) is 6.07 Å². The molecule has 1 saturated heterocycles. The molecule has 0 radical (unpaired) electrons. The molecule has 0 N–H and O–H groups in total. The van der Waals surface area contributed by atoms with Gasteiger partial charge in [0, 0.05) is 43.5 Å². The second-order valence-electron chi connectivity index (χ2n) is 8.38. The predicted molar refractivity (Wildman–Crippen MR) is 130 cm³/mol. The maximum atomic E-state index is 13.1. The largest absolute Gasteiger partial charge is 0.457 e. The third-order valence-corrected chi connectivity index (χ3v) is 6.16. The lowest BCUT2D eigenvalue weighted by atomic mass is 10.1. The van der Waals surface area contributed by atoms with Gasteiger partial charge in [-0.2, -0.15) is 0 Å². The number of nitrogens with zero attached hydrogens (tertiary/aromatic N) is 6. The Bertz CT molecular complexity index is 1350. The number of amides is 1. The molecule has 1 aliphatic heterocycles. The molecule has 2 aromatic carbocycles. The zero-order valence-electron chi connectivity index (χ0n) is 19.6. The predicted octanol–water partition coefficient (Wildman–Crippen LogP) is 4.17. The van der Waals surface area contributed by atoms with Crippen LogP contribution in [-0.4, -0.2) is 56.5 Å². The molecule has 1 amide bonds. The van der Waals surface area contributed by atoms with E-state index in [-0.39, 0.29) is 11.7 Å². The number of halogens is 1. The highest BCUT2D eigenvalue weighted by atomic mass is 19.1. The van der Waals surface area contributed by atoms with Crippen LogP contribution in [0.2, 0.25) is 0 Å². The monoisotopic (exact) mass is 472 g/mol. The van der Waals surface area contributed by atoms with E-state index in [2.05, 4.69) is 19.9 Å². The van der Waals surface area contributed by atoms with Crippen molar-refractivity contribution in [3.05, 3.63) is 90.0 Å². The molecule has 0 atom stereocenters. The van der Waals surface area contributed by atoms with Crippen LogP contribution in [-0.2, 0) is 0 Å². The first kappa shape index (κ1) is 22.5. The minimum atomic E-state index is -0.328. The van der Waals surface area contributed by atoms with Gasteiger partial charge in [0.1, 0.15) is 41.6 Å². The van der Waals surface area contributed by atoms with Crippen molar-refractivity contribution in [2.24, 2.45) is 0 Å². The van der Waals surface area contributed by atoms with Crippen molar-refractivity contribution in [3.8, 4) is 17.3 Å². The molecule has 0 bridgehead atoms. The van der Waals surface area contributed by atoms with Crippen LogP contribution in [0.3, 0.4) is 0 Å². The number of hydrogen-bond acceptors (Lipinski definition) is 6. The number of carbonyl (C=O) groups excluding carboxylic acids is 1. The molecule has 178 valence electrons. The van der Waals surface area contributed by atoms with Crippen LogP contribution < -0.4 is 9.64 Å². The normalized spacial score (nSPS) is 13.7. The summed E-state index contributed by atoms with van der Waals surface area (Å²) in [5.74, 6) is 2.24. The van der Waals surface area contributed by atoms with E-state index in [1.165, 1.54) is 12.1 Å². The number of piperazine rings is 1. The van der Waals surface area contributed by atoms with Crippen molar-refractivity contribution in [2.45, 2.75) is 13.8 Å². The lowest BCUT2D eigenvalue weighted by Crippen LogP contribution is -2.49. The fourth-order valence-corrected chi connectivity index (χ4v) is 4.02. The van der Waals surface area contributed by atoms with E-state index in [9.17, 15) is 9.18 Å². The van der Waals surface area contributed by atoms with Gasteiger partial charge in [-0.15, -0.1) is 0 Å². The molecular weight excluding hydrogens is 447 g/mol. The molecule has 1 aliphatic rings. The maximum Gasteiger partial charge on any atom is 0.254 e. The van der Waals surface area contributed by atoms with E-state index in [0.717, 1.165) is 23.0 Å². The van der Waals surface area contributed by atoms with E-state index in [1.807, 2.05) is 29.4 Å². The van der Waals surface area contributed by atoms with Crippen LogP contribution in [0.5, 0.6) is 11.5 Å². The van der Waals surface area contributed by atoms with Crippen molar-refractivity contribution in [2.75, 3.05) is 31.1 Å². The minimum absolute atomic E-state index is 0.0536. The summed E-state index contributed by atoms with van der Waals surface area (Å²) in [6.07, 6.45) is 3.32. The van der Waals surface area contributed by atoms with Crippen molar-refractivity contribution in [3.63, 3.8) is 0 Å². The van der Waals surface area contributed by atoms with Gasteiger partial charge in [0.05, 0.1) is 5.69 Å². The molecule has 0 unspecified atom stereocenters. The molecule has 4 aromatic rings. The Hall–Kier alpha value is -4.27. The summed E-state index contributed by atoms with van der Waals surface area (Å²) in [5, 5.41) is 0. The molecule has 3 heterocycles. The molecule has 1 fully saturated rings. The van der Waals surface area contributed by atoms with Crippen molar-refractivity contribution in [1.82, 2.24) is 24.4 Å². The van der Waals surface area contributed by atoms with Gasteiger partial charge in [-0.05, 0) is 56.3 Å². The maximum absolute atomic E-state index is 13.1. The lowest BCUT2D eigenvalue weighted by Gasteiger charge is -2.35. The van der Waals surface area contributed by atoms with Gasteiger partial charge in [0.2, 0.25) is 0 Å². The summed E-state index contributed by atoms with van der Waals surface area (Å²) < 4.78 is 20.9. The summed E-state index contributed by atoms with van der Waals surface area (Å²) in [6, 6.07) is 14.8. The highest BCUT2D eigenvalue weighted by Gasteiger charge is 2.23. The number of carbonyl (C=O) groups is 1. The fourth-order valence-electron chi connectivity index (χ4n) is 4.02. The summed E-state index contributed by atoms with van der Waals surface area (Å²) >= 11 is 0. The Balaban J connectivity index is 1.24. The molecule has 35 heavy (non-hydrogen) atoms. The van der Waals surface area contributed by atoms with Gasteiger partial charge in [0.25, 0.3) is 5.91 Å². The van der Waals surface area contributed by atoms with Crippen LogP contribution in [0.4, 0.5) is 10.2 Å². The number of hydrogen-bond donors (Lipinski definition) is 0. The Labute approximate surface area is 202 Å². The third kappa shape index (κ3) is 4.84. The lowest BCUT2D eigenvalue weighted by molar-refractivity contribution is 0.0746. The molecule has 8 nitrogen and oxygen atoms in total. The van der Waals surface area contributed by atoms with Crippen LogP contribution in [0.15, 0.2) is 67.3 Å². The number of rotatable bonds is 5. The number of benzene rings is 2. The molecule has 2 aromatic heterocycles. The number of ether oxygens (including phenoxy) is 1. The Morgan fingerprint density at radius 1 is 0.886 bits per heavy atom. The standard InChI is InChI=1S/C26H25FN6O2/c1-18-19(2)33(17-30-18)25-15-24(28-16-29-25)31-10-12-32(13-11-31)26(34)20-4-3-5-23(14-20)35-22-8-6-21(27)7-9-22/h3-9,14-17H,10-13H2,1-2H3. The van der Waals surface area contributed by atoms with Gasteiger partial charge >= 0.3 is 0 Å². The summed E-state index contributed by atoms with van der Waals surface area (Å²) in [4.78, 5) is 30.3. The number of imidazole rings is 1. The summed E-state index contributed by atoms with van der Waals surface area (Å²) in [5.41, 5.74) is 2.55. The van der Waals surface area contributed by atoms with E-state index in [1.54, 1.807) is 49.1 Å². The first-order chi connectivity index (χ1) is 17.0. The zero-order chi connectivity index (χ0) is 24.4. The highest BCUT2D eigenvalue weighted by Crippen LogP contribution is 2.24. The average molecular weight is 473 g/mol. The SMILES string of the molecule is Cc1ncn(-c2cc(N3CCN(C(=O)c4cccc(Oc5ccc(F)cc5)c4)CC3)ncn2)c1C. The number of anilines is 1.